The van der Waals surface area contributed by atoms with Crippen LogP contribution in [0, 0.1) is 5.92 Å². The Bertz CT molecular complexity index is 412. The van der Waals surface area contributed by atoms with Gasteiger partial charge in [-0.1, -0.05) is 25.7 Å². The summed E-state index contributed by atoms with van der Waals surface area (Å²) in [5.74, 6) is 0.551. The smallest absolute Gasteiger partial charge is 0.0910 e. The fraction of sp³-hybridized carbons (Fsp3) is 0.812. The standard InChI is InChI=1S/C16H27N3O/c17-11-13-5-4-8-16(13)20-12-14-9-10-19(18-14)15-6-2-1-3-7-15/h9-10,13,15-16H,1-8,11-12,17H2. The van der Waals surface area contributed by atoms with Gasteiger partial charge in [-0.3, -0.25) is 4.68 Å². The van der Waals surface area contributed by atoms with Crippen molar-refractivity contribution in [1.29, 1.82) is 0 Å². The van der Waals surface area contributed by atoms with E-state index in [-0.39, 0.29) is 0 Å². The molecule has 0 radical (unpaired) electrons. The molecule has 0 amide bonds. The van der Waals surface area contributed by atoms with Crippen LogP contribution in [0.4, 0.5) is 0 Å². The predicted octanol–water partition coefficient (Wildman–Crippen LogP) is 3.03. The fourth-order valence-corrected chi connectivity index (χ4v) is 3.69. The van der Waals surface area contributed by atoms with E-state index in [9.17, 15) is 0 Å². The zero-order valence-corrected chi connectivity index (χ0v) is 12.3. The van der Waals surface area contributed by atoms with Gasteiger partial charge in [-0.2, -0.15) is 5.10 Å². The van der Waals surface area contributed by atoms with Gasteiger partial charge in [0.25, 0.3) is 0 Å². The van der Waals surface area contributed by atoms with Crippen molar-refractivity contribution < 1.29 is 4.74 Å². The third-order valence-corrected chi connectivity index (χ3v) is 4.95. The molecular formula is C16H27N3O. The molecule has 4 heteroatoms. The molecule has 0 aliphatic heterocycles. The first kappa shape index (κ1) is 14.1. The molecule has 1 heterocycles. The lowest BCUT2D eigenvalue weighted by molar-refractivity contribution is 0.0162. The molecular weight excluding hydrogens is 250 g/mol. The SMILES string of the molecule is NCC1CCCC1OCc1ccn(C2CCCCC2)n1. The molecule has 0 bridgehead atoms. The second kappa shape index (κ2) is 6.72. The molecule has 2 fully saturated rings. The number of nitrogens with zero attached hydrogens (tertiary/aromatic N) is 2. The number of aromatic nitrogens is 2. The number of rotatable bonds is 5. The maximum absolute atomic E-state index is 6.04. The summed E-state index contributed by atoms with van der Waals surface area (Å²) in [4.78, 5) is 0. The Hall–Kier alpha value is -0.870. The Morgan fingerprint density at radius 1 is 1.15 bits per heavy atom. The van der Waals surface area contributed by atoms with Crippen molar-refractivity contribution in [2.24, 2.45) is 11.7 Å². The number of hydrogen-bond donors (Lipinski definition) is 1. The van der Waals surface area contributed by atoms with E-state index in [2.05, 4.69) is 16.9 Å². The maximum atomic E-state index is 6.04. The minimum absolute atomic E-state index is 0.347. The van der Waals surface area contributed by atoms with Crippen LogP contribution in [0.5, 0.6) is 0 Å². The van der Waals surface area contributed by atoms with Crippen molar-refractivity contribution in [3.8, 4) is 0 Å². The lowest BCUT2D eigenvalue weighted by Gasteiger charge is -2.22. The third kappa shape index (κ3) is 3.23. The van der Waals surface area contributed by atoms with Gasteiger partial charge in [0.05, 0.1) is 24.4 Å². The first-order valence-corrected chi connectivity index (χ1v) is 8.22. The molecule has 20 heavy (non-hydrogen) atoms. The second-order valence-corrected chi connectivity index (χ2v) is 6.36. The molecule has 2 saturated carbocycles. The van der Waals surface area contributed by atoms with Crippen LogP contribution in [-0.2, 0) is 11.3 Å². The summed E-state index contributed by atoms with van der Waals surface area (Å²) in [6.07, 6.45) is 12.7. The van der Waals surface area contributed by atoms with Crippen molar-refractivity contribution in [3.05, 3.63) is 18.0 Å². The molecule has 2 atom stereocenters. The van der Waals surface area contributed by atoms with E-state index in [1.807, 2.05) is 0 Å². The monoisotopic (exact) mass is 277 g/mol. The van der Waals surface area contributed by atoms with Crippen LogP contribution in [-0.4, -0.2) is 22.4 Å². The van der Waals surface area contributed by atoms with E-state index in [0.717, 1.165) is 18.7 Å². The Morgan fingerprint density at radius 2 is 2.00 bits per heavy atom. The molecule has 2 unspecified atom stereocenters. The van der Waals surface area contributed by atoms with E-state index >= 15 is 0 Å². The Kier molecular flexibility index (Phi) is 4.73. The van der Waals surface area contributed by atoms with E-state index in [1.54, 1.807) is 0 Å². The molecule has 2 aliphatic carbocycles. The van der Waals surface area contributed by atoms with Crippen LogP contribution in [0.3, 0.4) is 0 Å². The van der Waals surface area contributed by atoms with E-state index in [0.29, 0.717) is 24.7 Å². The van der Waals surface area contributed by atoms with Crippen molar-refractivity contribution in [3.63, 3.8) is 0 Å². The fourth-order valence-electron chi connectivity index (χ4n) is 3.69. The summed E-state index contributed by atoms with van der Waals surface area (Å²) in [5.41, 5.74) is 6.86. The molecule has 112 valence electrons. The minimum Gasteiger partial charge on any atom is -0.372 e. The van der Waals surface area contributed by atoms with Crippen molar-refractivity contribution >= 4 is 0 Å². The first-order chi connectivity index (χ1) is 9.86. The molecule has 3 rings (SSSR count). The second-order valence-electron chi connectivity index (χ2n) is 6.36. The van der Waals surface area contributed by atoms with Gasteiger partial charge in [0.1, 0.15) is 0 Å². The first-order valence-electron chi connectivity index (χ1n) is 8.22. The molecule has 1 aromatic heterocycles. The van der Waals surface area contributed by atoms with E-state index in [1.165, 1.54) is 44.9 Å². The maximum Gasteiger partial charge on any atom is 0.0910 e. The lowest BCUT2D eigenvalue weighted by Crippen LogP contribution is -2.25. The van der Waals surface area contributed by atoms with Crippen LogP contribution < -0.4 is 5.73 Å². The van der Waals surface area contributed by atoms with Gasteiger partial charge >= 0.3 is 0 Å². The zero-order valence-electron chi connectivity index (χ0n) is 12.3. The summed E-state index contributed by atoms with van der Waals surface area (Å²) in [6.45, 7) is 1.39. The Balaban J connectivity index is 1.52. The largest absolute Gasteiger partial charge is 0.372 e. The van der Waals surface area contributed by atoms with E-state index in [4.69, 9.17) is 15.6 Å². The van der Waals surface area contributed by atoms with Crippen molar-refractivity contribution in [2.75, 3.05) is 6.54 Å². The van der Waals surface area contributed by atoms with Gasteiger partial charge in [0, 0.05) is 6.20 Å². The summed E-state index contributed by atoms with van der Waals surface area (Å²) in [7, 11) is 0. The highest BCUT2D eigenvalue weighted by atomic mass is 16.5. The van der Waals surface area contributed by atoms with Gasteiger partial charge in [-0.05, 0) is 44.2 Å². The highest BCUT2D eigenvalue weighted by Gasteiger charge is 2.27. The highest BCUT2D eigenvalue weighted by Crippen LogP contribution is 2.29. The van der Waals surface area contributed by atoms with Crippen LogP contribution in [0.2, 0.25) is 0 Å². The highest BCUT2D eigenvalue weighted by molar-refractivity contribution is 4.99. The molecule has 0 spiro atoms. The molecule has 0 saturated heterocycles. The Labute approximate surface area is 121 Å². The molecule has 0 aromatic carbocycles. The number of nitrogens with two attached hydrogens (primary N) is 1. The zero-order chi connectivity index (χ0) is 13.8. The van der Waals surface area contributed by atoms with Crippen molar-refractivity contribution in [2.45, 2.75) is 70.1 Å². The normalized spacial score (nSPS) is 28.1. The van der Waals surface area contributed by atoms with Crippen molar-refractivity contribution in [1.82, 2.24) is 9.78 Å². The third-order valence-electron chi connectivity index (χ3n) is 4.95. The molecule has 1 aromatic rings. The number of ether oxygens (including phenoxy) is 1. The molecule has 4 nitrogen and oxygen atoms in total. The quantitative estimate of drug-likeness (QED) is 0.900. The van der Waals surface area contributed by atoms with Crippen LogP contribution in [0.1, 0.15) is 63.1 Å². The van der Waals surface area contributed by atoms with Gasteiger partial charge in [0.15, 0.2) is 0 Å². The Morgan fingerprint density at radius 3 is 2.80 bits per heavy atom. The summed E-state index contributed by atoms with van der Waals surface area (Å²) < 4.78 is 8.20. The van der Waals surface area contributed by atoms with Gasteiger partial charge in [-0.15, -0.1) is 0 Å². The average Bonchev–Trinajstić information content (AvgIpc) is 3.15. The molecule has 2 N–H and O–H groups in total. The topological polar surface area (TPSA) is 53.1 Å². The van der Waals surface area contributed by atoms with Crippen LogP contribution >= 0.6 is 0 Å². The minimum atomic E-state index is 0.347. The van der Waals surface area contributed by atoms with Crippen LogP contribution in [0.15, 0.2) is 12.3 Å². The van der Waals surface area contributed by atoms with Crippen LogP contribution in [0.25, 0.3) is 0 Å². The van der Waals surface area contributed by atoms with E-state index < -0.39 is 0 Å². The summed E-state index contributed by atoms with van der Waals surface area (Å²) in [6, 6.07) is 2.72. The summed E-state index contributed by atoms with van der Waals surface area (Å²) >= 11 is 0. The molecule has 2 aliphatic rings. The number of hydrogen-bond acceptors (Lipinski definition) is 3. The average molecular weight is 277 g/mol. The van der Waals surface area contributed by atoms with Gasteiger partial charge < -0.3 is 10.5 Å². The predicted molar refractivity (Wildman–Crippen MR) is 79.3 cm³/mol. The van der Waals surface area contributed by atoms with Gasteiger partial charge in [-0.25, -0.2) is 0 Å². The lowest BCUT2D eigenvalue weighted by atomic mass is 9.96. The van der Waals surface area contributed by atoms with Gasteiger partial charge in [0.2, 0.25) is 0 Å². The summed E-state index contributed by atoms with van der Waals surface area (Å²) in [5, 5.41) is 4.71.